The summed E-state index contributed by atoms with van der Waals surface area (Å²) in [5.41, 5.74) is 2.17. The summed E-state index contributed by atoms with van der Waals surface area (Å²) >= 11 is 0. The summed E-state index contributed by atoms with van der Waals surface area (Å²) < 4.78 is 0. The molecule has 1 amide bonds. The number of para-hydroxylation sites is 1. The monoisotopic (exact) mass is 444 g/mol. The highest BCUT2D eigenvalue weighted by Crippen LogP contribution is 2.20. The van der Waals surface area contributed by atoms with Gasteiger partial charge >= 0.3 is 0 Å². The fraction of sp³-hybridized carbons (Fsp3) is 0.292. The summed E-state index contributed by atoms with van der Waals surface area (Å²) in [6.45, 7) is 7.53. The van der Waals surface area contributed by atoms with Crippen molar-refractivity contribution in [2.75, 3.05) is 48.8 Å². The number of amides is 1. The van der Waals surface area contributed by atoms with Crippen LogP contribution in [-0.2, 0) is 0 Å². The van der Waals surface area contributed by atoms with Crippen molar-refractivity contribution in [3.05, 3.63) is 66.1 Å². The van der Waals surface area contributed by atoms with Gasteiger partial charge in [-0.25, -0.2) is 4.98 Å². The summed E-state index contributed by atoms with van der Waals surface area (Å²) in [5, 5.41) is 6.04. The van der Waals surface area contributed by atoms with Crippen molar-refractivity contribution < 1.29 is 4.79 Å². The van der Waals surface area contributed by atoms with Crippen LogP contribution in [0, 0.1) is 0 Å². The van der Waals surface area contributed by atoms with Crippen molar-refractivity contribution in [3.63, 3.8) is 0 Å². The lowest BCUT2D eigenvalue weighted by atomic mass is 10.2. The molecular weight excluding hydrogens is 416 g/mol. The van der Waals surface area contributed by atoms with E-state index in [2.05, 4.69) is 47.4 Å². The van der Waals surface area contributed by atoms with E-state index in [4.69, 9.17) is 0 Å². The smallest absolute Gasteiger partial charge is 0.255 e. The van der Waals surface area contributed by atoms with E-state index in [9.17, 15) is 4.79 Å². The standard InChI is InChI=1S/C24H28N8O/c1-4-17(2)21-28-23(30-24(29-21)32-14-12-31(3)13-15-32)27-20-16-18(10-11-25-20)22(33)26-19-8-6-5-7-9-19/h4-11,16H,12-15H2,1-3H3,(H,26,33)(H,25,27,28,29,30)/b17-4+. The lowest BCUT2D eigenvalue weighted by Crippen LogP contribution is -2.45. The molecule has 2 N–H and O–H groups in total. The molecule has 1 aliphatic heterocycles. The molecule has 2 aromatic heterocycles. The molecule has 0 bridgehead atoms. The van der Waals surface area contributed by atoms with E-state index in [0.29, 0.717) is 29.1 Å². The molecule has 9 nitrogen and oxygen atoms in total. The Kier molecular flexibility index (Phi) is 6.89. The molecule has 0 spiro atoms. The minimum atomic E-state index is -0.217. The highest BCUT2D eigenvalue weighted by atomic mass is 16.1. The van der Waals surface area contributed by atoms with Gasteiger partial charge in [-0.2, -0.15) is 15.0 Å². The van der Waals surface area contributed by atoms with Gasteiger partial charge in [0.1, 0.15) is 5.82 Å². The van der Waals surface area contributed by atoms with E-state index in [1.54, 1.807) is 18.3 Å². The zero-order valence-electron chi connectivity index (χ0n) is 19.1. The molecule has 1 aromatic carbocycles. The van der Waals surface area contributed by atoms with Crippen LogP contribution in [0.5, 0.6) is 0 Å². The average molecular weight is 445 g/mol. The summed E-state index contributed by atoms with van der Waals surface area (Å²) in [6.07, 6.45) is 3.56. The molecule has 3 aromatic rings. The van der Waals surface area contributed by atoms with Gasteiger partial charge in [-0.1, -0.05) is 24.3 Å². The normalized spacial score (nSPS) is 14.8. The minimum Gasteiger partial charge on any atom is -0.338 e. The molecule has 9 heteroatoms. The Morgan fingerprint density at radius 1 is 1.03 bits per heavy atom. The van der Waals surface area contributed by atoms with Gasteiger partial charge < -0.3 is 20.4 Å². The molecule has 4 rings (SSSR count). The molecule has 1 fully saturated rings. The number of aromatic nitrogens is 4. The van der Waals surface area contributed by atoms with Gasteiger partial charge in [-0.05, 0) is 50.7 Å². The maximum absolute atomic E-state index is 12.7. The predicted molar refractivity (Wildman–Crippen MR) is 131 cm³/mol. The maximum atomic E-state index is 12.7. The molecule has 1 saturated heterocycles. The van der Waals surface area contributed by atoms with E-state index in [1.807, 2.05) is 50.3 Å². The highest BCUT2D eigenvalue weighted by Gasteiger charge is 2.19. The molecule has 0 saturated carbocycles. The molecule has 3 heterocycles. The third-order valence-corrected chi connectivity index (χ3v) is 5.49. The molecule has 170 valence electrons. The zero-order chi connectivity index (χ0) is 23.2. The predicted octanol–water partition coefficient (Wildman–Crippen LogP) is 3.44. The Morgan fingerprint density at radius 2 is 1.79 bits per heavy atom. The Bertz CT molecular complexity index is 1140. The van der Waals surface area contributed by atoms with Crippen LogP contribution in [0.3, 0.4) is 0 Å². The van der Waals surface area contributed by atoms with Crippen molar-refractivity contribution in [1.29, 1.82) is 0 Å². The molecule has 33 heavy (non-hydrogen) atoms. The lowest BCUT2D eigenvalue weighted by Gasteiger charge is -2.32. The number of rotatable bonds is 6. The second-order valence-corrected chi connectivity index (χ2v) is 7.92. The summed E-state index contributed by atoms with van der Waals surface area (Å²) in [4.78, 5) is 35.3. The van der Waals surface area contributed by atoms with Gasteiger partial charge in [-0.3, -0.25) is 4.79 Å². The maximum Gasteiger partial charge on any atom is 0.255 e. The van der Waals surface area contributed by atoms with Crippen molar-refractivity contribution in [1.82, 2.24) is 24.8 Å². The number of carbonyl (C=O) groups is 1. The number of likely N-dealkylation sites (N-methyl/N-ethyl adjacent to an activating group) is 1. The summed E-state index contributed by atoms with van der Waals surface area (Å²) in [5.74, 6) is 1.90. The number of hydrogen-bond donors (Lipinski definition) is 2. The first-order chi connectivity index (χ1) is 16.0. The Morgan fingerprint density at radius 3 is 2.52 bits per heavy atom. The number of hydrogen-bond acceptors (Lipinski definition) is 8. The van der Waals surface area contributed by atoms with Crippen LogP contribution in [0.15, 0.2) is 54.7 Å². The first-order valence-corrected chi connectivity index (χ1v) is 10.9. The van der Waals surface area contributed by atoms with Crippen LogP contribution in [-0.4, -0.2) is 64.0 Å². The Balaban J connectivity index is 1.57. The van der Waals surface area contributed by atoms with Gasteiger partial charge in [0, 0.05) is 43.6 Å². The number of benzene rings is 1. The number of carbonyl (C=O) groups excluding carboxylic acids is 1. The fourth-order valence-corrected chi connectivity index (χ4v) is 3.35. The number of anilines is 4. The molecule has 0 unspecified atom stereocenters. The molecule has 1 aliphatic rings. The zero-order valence-corrected chi connectivity index (χ0v) is 19.1. The highest BCUT2D eigenvalue weighted by molar-refractivity contribution is 6.04. The topological polar surface area (TPSA) is 99.2 Å². The van der Waals surface area contributed by atoms with E-state index in [-0.39, 0.29) is 5.91 Å². The van der Waals surface area contributed by atoms with Crippen molar-refractivity contribution >= 4 is 34.9 Å². The van der Waals surface area contributed by atoms with Gasteiger partial charge in [-0.15, -0.1) is 0 Å². The van der Waals surface area contributed by atoms with Crippen LogP contribution in [0.25, 0.3) is 5.57 Å². The minimum absolute atomic E-state index is 0.217. The molecule has 0 aliphatic carbocycles. The SMILES string of the molecule is C/C=C(\C)c1nc(Nc2cc(C(=O)Nc3ccccc3)ccn2)nc(N2CCN(C)CC2)n1. The van der Waals surface area contributed by atoms with Crippen LogP contribution in [0.2, 0.25) is 0 Å². The first kappa shape index (κ1) is 22.3. The van der Waals surface area contributed by atoms with Crippen LogP contribution in [0.1, 0.15) is 30.0 Å². The van der Waals surface area contributed by atoms with Gasteiger partial charge in [0.2, 0.25) is 11.9 Å². The van der Waals surface area contributed by atoms with Crippen molar-refractivity contribution in [2.45, 2.75) is 13.8 Å². The third kappa shape index (κ3) is 5.69. The van der Waals surface area contributed by atoms with E-state index in [1.165, 1.54) is 0 Å². The largest absolute Gasteiger partial charge is 0.338 e. The van der Waals surface area contributed by atoms with E-state index < -0.39 is 0 Å². The number of allylic oxidation sites excluding steroid dienone is 2. The van der Waals surface area contributed by atoms with Crippen molar-refractivity contribution in [2.24, 2.45) is 0 Å². The average Bonchev–Trinajstić information content (AvgIpc) is 2.84. The second-order valence-electron chi connectivity index (χ2n) is 7.92. The number of piperazine rings is 1. The lowest BCUT2D eigenvalue weighted by molar-refractivity contribution is 0.102. The van der Waals surface area contributed by atoms with Crippen LogP contribution >= 0.6 is 0 Å². The van der Waals surface area contributed by atoms with Crippen LogP contribution < -0.4 is 15.5 Å². The first-order valence-electron chi connectivity index (χ1n) is 10.9. The summed E-state index contributed by atoms with van der Waals surface area (Å²) in [7, 11) is 2.11. The Hall–Kier alpha value is -3.85. The number of nitrogens with zero attached hydrogens (tertiary/aromatic N) is 6. The van der Waals surface area contributed by atoms with E-state index in [0.717, 1.165) is 37.4 Å². The molecular formula is C24H28N8O. The third-order valence-electron chi connectivity index (χ3n) is 5.49. The van der Waals surface area contributed by atoms with Gasteiger partial charge in [0.15, 0.2) is 5.82 Å². The fourth-order valence-electron chi connectivity index (χ4n) is 3.35. The number of pyridine rings is 1. The summed E-state index contributed by atoms with van der Waals surface area (Å²) in [6, 6.07) is 12.7. The van der Waals surface area contributed by atoms with Crippen LogP contribution in [0.4, 0.5) is 23.4 Å². The van der Waals surface area contributed by atoms with Gasteiger partial charge in [0.05, 0.1) is 0 Å². The number of nitrogens with one attached hydrogen (secondary N) is 2. The second kappa shape index (κ2) is 10.2. The molecule has 0 radical (unpaired) electrons. The Labute approximate surface area is 193 Å². The van der Waals surface area contributed by atoms with Crippen molar-refractivity contribution in [3.8, 4) is 0 Å². The van der Waals surface area contributed by atoms with E-state index >= 15 is 0 Å². The van der Waals surface area contributed by atoms with Gasteiger partial charge in [0.25, 0.3) is 5.91 Å². The molecule has 0 atom stereocenters. The quantitative estimate of drug-likeness (QED) is 0.597.